The molecule has 2 aromatic carbocycles. The van der Waals surface area contributed by atoms with Gasteiger partial charge in [-0.15, -0.1) is 0 Å². The van der Waals surface area contributed by atoms with Crippen LogP contribution in [0.5, 0.6) is 0 Å². The molecule has 0 fully saturated rings. The minimum atomic E-state index is -3.77. The van der Waals surface area contributed by atoms with E-state index in [2.05, 4.69) is 4.72 Å². The molecule has 0 aliphatic carbocycles. The van der Waals surface area contributed by atoms with E-state index < -0.39 is 28.1 Å². The summed E-state index contributed by atoms with van der Waals surface area (Å²) in [7, 11) is -3.77. The van der Waals surface area contributed by atoms with Crippen LogP contribution in [-0.2, 0) is 14.8 Å². The van der Waals surface area contributed by atoms with Crippen LogP contribution in [0.15, 0.2) is 53.4 Å². The number of sulfonamides is 1. The van der Waals surface area contributed by atoms with E-state index in [1.165, 1.54) is 12.1 Å². The fourth-order valence-electron chi connectivity index (χ4n) is 3.30. The van der Waals surface area contributed by atoms with Gasteiger partial charge in [-0.05, 0) is 48.9 Å². The Morgan fingerprint density at radius 2 is 1.50 bits per heavy atom. The molecule has 1 amide bonds. The Balaban J connectivity index is 1.98. The van der Waals surface area contributed by atoms with Gasteiger partial charge in [0.25, 0.3) is 0 Å². The SMILES string of the molecule is Cc1ccc(-c2ccc(S(=O)(=O)NCCCN(C(=O)O)[C@@H](CC(C)C)C(=O)O)cc2)cc1. The van der Waals surface area contributed by atoms with Gasteiger partial charge in [0.15, 0.2) is 0 Å². The third-order valence-electron chi connectivity index (χ3n) is 5.02. The number of aliphatic carboxylic acids is 1. The number of hydrogen-bond acceptors (Lipinski definition) is 4. The first-order chi connectivity index (χ1) is 15.0. The average molecular weight is 463 g/mol. The van der Waals surface area contributed by atoms with Crippen molar-refractivity contribution >= 4 is 22.1 Å². The molecule has 0 radical (unpaired) electrons. The van der Waals surface area contributed by atoms with Gasteiger partial charge >= 0.3 is 12.1 Å². The van der Waals surface area contributed by atoms with Crippen LogP contribution in [0.3, 0.4) is 0 Å². The van der Waals surface area contributed by atoms with Crippen LogP contribution >= 0.6 is 0 Å². The zero-order valence-corrected chi connectivity index (χ0v) is 19.3. The van der Waals surface area contributed by atoms with Crippen LogP contribution < -0.4 is 4.72 Å². The van der Waals surface area contributed by atoms with Crippen LogP contribution in [-0.4, -0.2) is 54.7 Å². The van der Waals surface area contributed by atoms with Crippen molar-refractivity contribution in [1.82, 2.24) is 9.62 Å². The monoisotopic (exact) mass is 462 g/mol. The molecule has 2 rings (SSSR count). The number of hydrogen-bond donors (Lipinski definition) is 3. The van der Waals surface area contributed by atoms with Crippen LogP contribution in [0.25, 0.3) is 11.1 Å². The van der Waals surface area contributed by atoms with Crippen molar-refractivity contribution in [2.45, 2.75) is 44.6 Å². The van der Waals surface area contributed by atoms with Gasteiger partial charge in [0.1, 0.15) is 6.04 Å². The molecular weight excluding hydrogens is 432 g/mol. The number of carboxylic acids is 1. The molecule has 0 aliphatic heterocycles. The Hall–Kier alpha value is -2.91. The van der Waals surface area contributed by atoms with Crippen LogP contribution in [0.1, 0.15) is 32.3 Å². The van der Waals surface area contributed by atoms with Gasteiger partial charge in [0.05, 0.1) is 4.90 Å². The maximum atomic E-state index is 12.6. The summed E-state index contributed by atoms with van der Waals surface area (Å²) in [6.07, 6.45) is -1.01. The number of aryl methyl sites for hydroxylation is 1. The number of carboxylic acid groups (broad SMARTS) is 2. The van der Waals surface area contributed by atoms with E-state index in [1.54, 1.807) is 12.1 Å². The molecule has 8 nitrogen and oxygen atoms in total. The third kappa shape index (κ3) is 7.06. The van der Waals surface area contributed by atoms with Gasteiger partial charge in [0.2, 0.25) is 10.0 Å². The Morgan fingerprint density at radius 1 is 0.969 bits per heavy atom. The normalized spacial score (nSPS) is 12.5. The molecule has 3 N–H and O–H groups in total. The van der Waals surface area contributed by atoms with E-state index in [0.29, 0.717) is 0 Å². The predicted molar refractivity (Wildman–Crippen MR) is 122 cm³/mol. The van der Waals surface area contributed by atoms with Gasteiger partial charge < -0.3 is 10.2 Å². The lowest BCUT2D eigenvalue weighted by Crippen LogP contribution is -2.46. The van der Waals surface area contributed by atoms with Gasteiger partial charge in [-0.2, -0.15) is 0 Å². The van der Waals surface area contributed by atoms with Crippen molar-refractivity contribution in [1.29, 1.82) is 0 Å². The van der Waals surface area contributed by atoms with E-state index in [4.69, 9.17) is 0 Å². The standard InChI is InChI=1S/C23H30N2O6S/c1-16(2)15-21(22(26)27)25(23(28)29)14-4-13-24-32(30,31)20-11-9-19(10-12-20)18-7-5-17(3)6-8-18/h5-12,16,21,24H,4,13-15H2,1-3H3,(H,26,27)(H,28,29)/t21-/m0/s1. The van der Waals surface area contributed by atoms with E-state index in [1.807, 2.05) is 45.0 Å². The Kier molecular flexibility index (Phi) is 8.80. The maximum absolute atomic E-state index is 12.6. The summed E-state index contributed by atoms with van der Waals surface area (Å²) in [6.45, 7) is 5.52. The summed E-state index contributed by atoms with van der Waals surface area (Å²) < 4.78 is 27.6. The molecule has 0 unspecified atom stereocenters. The second-order valence-corrected chi connectivity index (χ2v) is 9.87. The number of nitrogens with zero attached hydrogens (tertiary/aromatic N) is 1. The third-order valence-corrected chi connectivity index (χ3v) is 6.50. The van der Waals surface area contributed by atoms with Gasteiger partial charge in [0, 0.05) is 13.1 Å². The highest BCUT2D eigenvalue weighted by Gasteiger charge is 2.29. The van der Waals surface area contributed by atoms with E-state index in [9.17, 15) is 28.2 Å². The number of rotatable bonds is 11. The summed E-state index contributed by atoms with van der Waals surface area (Å²) in [4.78, 5) is 24.0. The lowest BCUT2D eigenvalue weighted by molar-refractivity contribution is -0.143. The van der Waals surface area contributed by atoms with Crippen LogP contribution in [0.2, 0.25) is 0 Å². The molecule has 0 saturated heterocycles. The number of benzene rings is 2. The molecule has 174 valence electrons. The highest BCUT2D eigenvalue weighted by Crippen LogP contribution is 2.22. The maximum Gasteiger partial charge on any atom is 0.408 e. The second kappa shape index (κ2) is 11.1. The largest absolute Gasteiger partial charge is 0.480 e. The molecule has 0 aliphatic rings. The van der Waals surface area contributed by atoms with Crippen molar-refractivity contribution < 1.29 is 28.2 Å². The highest BCUT2D eigenvalue weighted by molar-refractivity contribution is 7.89. The van der Waals surface area contributed by atoms with Crippen LogP contribution in [0, 0.1) is 12.8 Å². The molecule has 0 heterocycles. The topological polar surface area (TPSA) is 124 Å². The average Bonchev–Trinajstić information content (AvgIpc) is 2.72. The zero-order valence-electron chi connectivity index (χ0n) is 18.5. The number of amides is 1. The molecule has 0 saturated carbocycles. The molecule has 0 aromatic heterocycles. The number of nitrogens with one attached hydrogen (secondary N) is 1. The quantitative estimate of drug-likeness (QED) is 0.436. The molecule has 0 bridgehead atoms. The first-order valence-electron chi connectivity index (χ1n) is 10.4. The lowest BCUT2D eigenvalue weighted by atomic mass is 10.0. The van der Waals surface area contributed by atoms with Crippen molar-refractivity contribution in [2.75, 3.05) is 13.1 Å². The highest BCUT2D eigenvalue weighted by atomic mass is 32.2. The van der Waals surface area contributed by atoms with Gasteiger partial charge in [-0.3, -0.25) is 4.90 Å². The summed E-state index contributed by atoms with van der Waals surface area (Å²) >= 11 is 0. The zero-order chi connectivity index (χ0) is 23.9. The minimum absolute atomic E-state index is 0.000617. The van der Waals surface area contributed by atoms with Gasteiger partial charge in [-0.1, -0.05) is 55.8 Å². The first kappa shape index (κ1) is 25.4. The molecular formula is C23H30N2O6S. The van der Waals surface area contributed by atoms with E-state index in [-0.39, 0.29) is 36.7 Å². The fourth-order valence-corrected chi connectivity index (χ4v) is 4.38. The van der Waals surface area contributed by atoms with Crippen molar-refractivity contribution in [3.05, 3.63) is 54.1 Å². The number of carbonyl (C=O) groups is 2. The van der Waals surface area contributed by atoms with Crippen molar-refractivity contribution in [3.8, 4) is 11.1 Å². The molecule has 32 heavy (non-hydrogen) atoms. The molecule has 2 aromatic rings. The summed E-state index contributed by atoms with van der Waals surface area (Å²) in [5, 5.41) is 18.8. The lowest BCUT2D eigenvalue weighted by Gasteiger charge is -2.27. The van der Waals surface area contributed by atoms with Crippen molar-refractivity contribution in [2.24, 2.45) is 5.92 Å². The van der Waals surface area contributed by atoms with E-state index in [0.717, 1.165) is 21.6 Å². The molecule has 1 atom stereocenters. The van der Waals surface area contributed by atoms with Crippen molar-refractivity contribution in [3.63, 3.8) is 0 Å². The predicted octanol–water partition coefficient (Wildman–Crippen LogP) is 3.81. The fraction of sp³-hybridized carbons (Fsp3) is 0.391. The Morgan fingerprint density at radius 3 is 1.97 bits per heavy atom. The second-order valence-electron chi connectivity index (χ2n) is 8.10. The summed E-state index contributed by atoms with van der Waals surface area (Å²) in [5.74, 6) is -1.21. The summed E-state index contributed by atoms with van der Waals surface area (Å²) in [6, 6.07) is 13.2. The Labute approximate surface area is 188 Å². The Bertz CT molecular complexity index is 1020. The summed E-state index contributed by atoms with van der Waals surface area (Å²) in [5.41, 5.74) is 3.01. The molecule has 9 heteroatoms. The first-order valence-corrected chi connectivity index (χ1v) is 11.9. The van der Waals surface area contributed by atoms with Gasteiger partial charge in [-0.25, -0.2) is 22.7 Å². The smallest absolute Gasteiger partial charge is 0.408 e. The van der Waals surface area contributed by atoms with E-state index >= 15 is 0 Å². The molecule has 0 spiro atoms. The van der Waals surface area contributed by atoms with Crippen LogP contribution in [0.4, 0.5) is 4.79 Å². The minimum Gasteiger partial charge on any atom is -0.480 e.